The Balaban J connectivity index is 1.85. The molecule has 1 nitrogen and oxygen atoms in total. The zero-order valence-electron chi connectivity index (χ0n) is 10.7. The molecule has 0 spiro atoms. The van der Waals surface area contributed by atoms with E-state index in [2.05, 4.69) is 20.4 Å². The Hall–Kier alpha value is -0.590. The van der Waals surface area contributed by atoms with Gasteiger partial charge in [-0.25, -0.2) is 0 Å². The lowest BCUT2D eigenvalue weighted by Gasteiger charge is -2.21. The molecule has 0 aromatic carbocycles. The Morgan fingerprint density at radius 1 is 1.31 bits per heavy atom. The Labute approximate surface area is 99.3 Å². The summed E-state index contributed by atoms with van der Waals surface area (Å²) in [6, 6.07) is 0. The lowest BCUT2D eigenvalue weighted by atomic mass is 9.82. The molecule has 0 radical (unpaired) electrons. The fourth-order valence-corrected chi connectivity index (χ4v) is 3.41. The van der Waals surface area contributed by atoms with Gasteiger partial charge in [-0.15, -0.1) is 0 Å². The maximum atomic E-state index is 12.2. The maximum Gasteiger partial charge on any atom is 0.161 e. The highest BCUT2D eigenvalue weighted by Gasteiger charge is 2.43. The molecular formula is C15H24O. The van der Waals surface area contributed by atoms with E-state index in [1.54, 1.807) is 0 Å². The molecule has 2 aliphatic rings. The number of allylic oxidation sites excluding steroid dienone is 1. The lowest BCUT2D eigenvalue weighted by Crippen LogP contribution is -2.22. The molecule has 0 aromatic rings. The molecule has 0 saturated heterocycles. The molecule has 2 saturated carbocycles. The van der Waals surface area contributed by atoms with Gasteiger partial charge in [0.05, 0.1) is 0 Å². The zero-order chi connectivity index (χ0) is 11.7. The van der Waals surface area contributed by atoms with Gasteiger partial charge >= 0.3 is 0 Å². The highest BCUT2D eigenvalue weighted by atomic mass is 16.1. The second-order valence-electron chi connectivity index (χ2n) is 6.18. The predicted octanol–water partition coefficient (Wildman–Crippen LogP) is 3.98. The number of rotatable bonds is 5. The van der Waals surface area contributed by atoms with Crippen LogP contribution in [-0.2, 0) is 4.79 Å². The standard InChI is InChI=1S/C15H24O/c1-10(2)4-5-11(3)15(16)14-9-12-6-7-13(14)8-12/h10,12-14H,3-9H2,1-2H3. The van der Waals surface area contributed by atoms with Crippen molar-refractivity contribution in [2.24, 2.45) is 23.7 Å². The van der Waals surface area contributed by atoms with E-state index in [0.29, 0.717) is 23.5 Å². The normalized spacial score (nSPS) is 32.3. The SMILES string of the molecule is C=C(CCC(C)C)C(=O)C1CC2CCC1C2. The van der Waals surface area contributed by atoms with Gasteiger partial charge in [-0.1, -0.05) is 26.8 Å². The Morgan fingerprint density at radius 2 is 2.06 bits per heavy atom. The topological polar surface area (TPSA) is 17.1 Å². The molecule has 2 aliphatic carbocycles. The molecule has 3 unspecified atom stereocenters. The van der Waals surface area contributed by atoms with E-state index >= 15 is 0 Å². The number of fused-ring (bicyclic) bond motifs is 2. The van der Waals surface area contributed by atoms with E-state index in [1.807, 2.05) is 0 Å². The van der Waals surface area contributed by atoms with Crippen LogP contribution in [0.2, 0.25) is 0 Å². The number of ketones is 1. The molecule has 16 heavy (non-hydrogen) atoms. The number of hydrogen-bond acceptors (Lipinski definition) is 1. The number of hydrogen-bond donors (Lipinski definition) is 0. The molecule has 0 aromatic heterocycles. The van der Waals surface area contributed by atoms with Gasteiger partial charge in [0.1, 0.15) is 0 Å². The summed E-state index contributed by atoms with van der Waals surface area (Å²) in [5.74, 6) is 2.97. The highest BCUT2D eigenvalue weighted by molar-refractivity contribution is 5.97. The van der Waals surface area contributed by atoms with E-state index in [4.69, 9.17) is 0 Å². The number of Topliss-reactive ketones (excluding diaryl/α,β-unsaturated/α-hetero) is 1. The van der Waals surface area contributed by atoms with Crippen molar-refractivity contribution in [3.63, 3.8) is 0 Å². The van der Waals surface area contributed by atoms with E-state index in [0.717, 1.165) is 30.8 Å². The molecule has 2 bridgehead atoms. The molecule has 1 heteroatoms. The molecule has 0 amide bonds. The smallest absolute Gasteiger partial charge is 0.161 e. The van der Waals surface area contributed by atoms with Crippen LogP contribution in [0.25, 0.3) is 0 Å². The first-order valence-electron chi connectivity index (χ1n) is 6.80. The zero-order valence-corrected chi connectivity index (χ0v) is 10.7. The molecule has 3 atom stereocenters. The summed E-state index contributed by atoms with van der Waals surface area (Å²) in [7, 11) is 0. The number of carbonyl (C=O) groups is 1. The van der Waals surface area contributed by atoms with Crippen LogP contribution < -0.4 is 0 Å². The highest BCUT2D eigenvalue weighted by Crippen LogP contribution is 2.49. The average Bonchev–Trinajstić information content (AvgIpc) is 2.86. The molecular weight excluding hydrogens is 196 g/mol. The third-order valence-electron chi connectivity index (χ3n) is 4.45. The van der Waals surface area contributed by atoms with E-state index in [1.165, 1.54) is 19.3 Å². The van der Waals surface area contributed by atoms with Crippen molar-refractivity contribution in [3.05, 3.63) is 12.2 Å². The van der Waals surface area contributed by atoms with Crippen molar-refractivity contribution < 1.29 is 4.79 Å². The van der Waals surface area contributed by atoms with Crippen molar-refractivity contribution in [2.45, 2.75) is 52.4 Å². The molecule has 90 valence electrons. The van der Waals surface area contributed by atoms with E-state index < -0.39 is 0 Å². The Morgan fingerprint density at radius 3 is 2.56 bits per heavy atom. The lowest BCUT2D eigenvalue weighted by molar-refractivity contribution is -0.120. The van der Waals surface area contributed by atoms with Gasteiger partial charge in [-0.05, 0) is 55.4 Å². The number of carbonyl (C=O) groups excluding carboxylic acids is 1. The van der Waals surface area contributed by atoms with Crippen LogP contribution in [0.4, 0.5) is 0 Å². The first-order chi connectivity index (χ1) is 7.58. The van der Waals surface area contributed by atoms with Crippen molar-refractivity contribution in [1.82, 2.24) is 0 Å². The molecule has 2 fully saturated rings. The molecule has 0 aliphatic heterocycles. The third-order valence-corrected chi connectivity index (χ3v) is 4.45. The summed E-state index contributed by atoms with van der Waals surface area (Å²) < 4.78 is 0. The summed E-state index contributed by atoms with van der Waals surface area (Å²) in [5, 5.41) is 0. The summed E-state index contributed by atoms with van der Waals surface area (Å²) >= 11 is 0. The second-order valence-corrected chi connectivity index (χ2v) is 6.18. The maximum absolute atomic E-state index is 12.2. The van der Waals surface area contributed by atoms with Gasteiger partial charge in [-0.3, -0.25) is 4.79 Å². The minimum absolute atomic E-state index is 0.346. The van der Waals surface area contributed by atoms with Gasteiger partial charge in [-0.2, -0.15) is 0 Å². The molecule has 2 rings (SSSR count). The van der Waals surface area contributed by atoms with E-state index in [-0.39, 0.29) is 0 Å². The first-order valence-corrected chi connectivity index (χ1v) is 6.80. The second kappa shape index (κ2) is 4.73. The van der Waals surface area contributed by atoms with Crippen LogP contribution >= 0.6 is 0 Å². The van der Waals surface area contributed by atoms with Gasteiger partial charge in [0.25, 0.3) is 0 Å². The van der Waals surface area contributed by atoms with Crippen LogP contribution in [0.1, 0.15) is 52.4 Å². The van der Waals surface area contributed by atoms with Crippen LogP contribution in [0.5, 0.6) is 0 Å². The van der Waals surface area contributed by atoms with Gasteiger partial charge in [0.15, 0.2) is 5.78 Å². The van der Waals surface area contributed by atoms with Crippen LogP contribution in [0.3, 0.4) is 0 Å². The van der Waals surface area contributed by atoms with Crippen molar-refractivity contribution in [3.8, 4) is 0 Å². The van der Waals surface area contributed by atoms with Crippen molar-refractivity contribution in [2.75, 3.05) is 0 Å². The summed E-state index contributed by atoms with van der Waals surface area (Å²) in [4.78, 5) is 12.2. The summed E-state index contributed by atoms with van der Waals surface area (Å²) in [6.07, 6.45) is 7.14. The molecule has 0 N–H and O–H groups in total. The average molecular weight is 220 g/mol. The minimum Gasteiger partial charge on any atom is -0.294 e. The van der Waals surface area contributed by atoms with Gasteiger partial charge in [0, 0.05) is 5.92 Å². The summed E-state index contributed by atoms with van der Waals surface area (Å²) in [5.41, 5.74) is 0.895. The van der Waals surface area contributed by atoms with E-state index in [9.17, 15) is 4.79 Å². The van der Waals surface area contributed by atoms with Crippen LogP contribution in [-0.4, -0.2) is 5.78 Å². The Kier molecular flexibility index (Phi) is 3.51. The largest absolute Gasteiger partial charge is 0.294 e. The van der Waals surface area contributed by atoms with Gasteiger partial charge < -0.3 is 0 Å². The van der Waals surface area contributed by atoms with Crippen LogP contribution in [0.15, 0.2) is 12.2 Å². The van der Waals surface area contributed by atoms with Gasteiger partial charge in [0.2, 0.25) is 0 Å². The van der Waals surface area contributed by atoms with Crippen molar-refractivity contribution >= 4 is 5.78 Å². The fourth-order valence-electron chi connectivity index (χ4n) is 3.41. The monoisotopic (exact) mass is 220 g/mol. The van der Waals surface area contributed by atoms with Crippen LogP contribution in [0, 0.1) is 23.7 Å². The Bertz CT molecular complexity index is 290. The first kappa shape index (κ1) is 11.9. The minimum atomic E-state index is 0.346. The predicted molar refractivity (Wildman–Crippen MR) is 67.2 cm³/mol. The third kappa shape index (κ3) is 2.39. The fraction of sp³-hybridized carbons (Fsp3) is 0.800. The quantitative estimate of drug-likeness (QED) is 0.640. The molecule has 0 heterocycles. The van der Waals surface area contributed by atoms with Crippen molar-refractivity contribution in [1.29, 1.82) is 0 Å². The summed E-state index contributed by atoms with van der Waals surface area (Å²) in [6.45, 7) is 8.41.